The molecule has 0 spiro atoms. The summed E-state index contributed by atoms with van der Waals surface area (Å²) < 4.78 is 10.7. The van der Waals surface area contributed by atoms with Crippen molar-refractivity contribution in [3.8, 4) is 22.6 Å². The molecule has 1 radical (unpaired) electrons. The van der Waals surface area contributed by atoms with Crippen LogP contribution in [0.4, 0.5) is 0 Å². The summed E-state index contributed by atoms with van der Waals surface area (Å²) in [7, 11) is 1.66. The van der Waals surface area contributed by atoms with Gasteiger partial charge in [-0.25, -0.2) is 0 Å². The maximum Gasteiger partial charge on any atom is 0.119 e. The third-order valence-electron chi connectivity index (χ3n) is 2.46. The van der Waals surface area contributed by atoms with Gasteiger partial charge in [0, 0.05) is 0 Å². The molecule has 0 fully saturated rings. The van der Waals surface area contributed by atoms with Gasteiger partial charge in [0.15, 0.2) is 0 Å². The molecule has 0 saturated heterocycles. The first kappa shape index (κ1) is 11.5. The molecular weight excluding hydrogens is 212 g/mol. The average molecular weight is 227 g/mol. The Morgan fingerprint density at radius 2 is 2.00 bits per heavy atom. The third-order valence-corrected chi connectivity index (χ3v) is 2.46. The predicted octanol–water partition coefficient (Wildman–Crippen LogP) is 3.56. The summed E-state index contributed by atoms with van der Waals surface area (Å²) in [4.78, 5) is 0. The molecule has 87 valence electrons. The van der Waals surface area contributed by atoms with Crippen molar-refractivity contribution >= 4 is 0 Å². The first-order chi connectivity index (χ1) is 8.33. The zero-order valence-corrected chi connectivity index (χ0v) is 10.1. The molecule has 0 bridgehead atoms. The van der Waals surface area contributed by atoms with Gasteiger partial charge < -0.3 is 9.47 Å². The van der Waals surface area contributed by atoms with Crippen molar-refractivity contribution in [1.29, 1.82) is 0 Å². The van der Waals surface area contributed by atoms with Crippen molar-refractivity contribution < 1.29 is 9.47 Å². The quantitative estimate of drug-likeness (QED) is 0.795. The van der Waals surface area contributed by atoms with Crippen LogP contribution in [0.5, 0.6) is 11.5 Å². The van der Waals surface area contributed by atoms with Gasteiger partial charge in [-0.15, -0.1) is 0 Å². The second-order valence-corrected chi connectivity index (χ2v) is 3.60. The maximum atomic E-state index is 5.48. The summed E-state index contributed by atoms with van der Waals surface area (Å²) in [5.74, 6) is 1.71. The molecule has 0 amide bonds. The second kappa shape index (κ2) is 5.39. The lowest BCUT2D eigenvalue weighted by Gasteiger charge is -2.07. The fraction of sp³-hybridized carbons (Fsp3) is 0.200. The van der Waals surface area contributed by atoms with E-state index in [4.69, 9.17) is 9.47 Å². The van der Waals surface area contributed by atoms with E-state index in [2.05, 4.69) is 6.07 Å². The molecule has 0 unspecified atom stereocenters. The van der Waals surface area contributed by atoms with Crippen LogP contribution in [0.1, 0.15) is 6.92 Å². The van der Waals surface area contributed by atoms with Crippen LogP contribution in [-0.2, 0) is 0 Å². The number of hydrogen-bond acceptors (Lipinski definition) is 2. The molecule has 0 aliphatic rings. The summed E-state index contributed by atoms with van der Waals surface area (Å²) in [5.41, 5.74) is 2.08. The fourth-order valence-electron chi connectivity index (χ4n) is 1.66. The molecule has 2 rings (SSSR count). The molecule has 2 heteroatoms. The molecule has 0 saturated carbocycles. The standard InChI is InChI=1S/C15H15O2/c1-3-17-15-9-5-7-13(11-15)12-6-4-8-14(10-12)16-2/h4-5,7-11H,3H2,1-2H3. The zero-order chi connectivity index (χ0) is 12.1. The SMILES string of the molecule is CCOc1cccc(-c2[c]ccc(OC)c2)c1. The fourth-order valence-corrected chi connectivity index (χ4v) is 1.66. The van der Waals surface area contributed by atoms with E-state index >= 15 is 0 Å². The largest absolute Gasteiger partial charge is 0.497 e. The number of hydrogen-bond donors (Lipinski definition) is 0. The molecule has 2 aromatic carbocycles. The van der Waals surface area contributed by atoms with Crippen molar-refractivity contribution in [1.82, 2.24) is 0 Å². The van der Waals surface area contributed by atoms with Crippen LogP contribution in [0.3, 0.4) is 0 Å². The Balaban J connectivity index is 2.34. The second-order valence-electron chi connectivity index (χ2n) is 3.60. The minimum atomic E-state index is 0.672. The summed E-state index contributed by atoms with van der Waals surface area (Å²) in [6.07, 6.45) is 0. The predicted molar refractivity (Wildman–Crippen MR) is 68.4 cm³/mol. The Bertz CT molecular complexity index is 492. The average Bonchev–Trinajstić information content (AvgIpc) is 2.40. The molecule has 0 aromatic heterocycles. The van der Waals surface area contributed by atoms with Crippen LogP contribution < -0.4 is 9.47 Å². The summed E-state index contributed by atoms with van der Waals surface area (Å²) in [6.45, 7) is 2.65. The molecule has 0 N–H and O–H groups in total. The van der Waals surface area contributed by atoms with Crippen LogP contribution in [0.15, 0.2) is 42.5 Å². The first-order valence-electron chi connectivity index (χ1n) is 5.62. The van der Waals surface area contributed by atoms with Crippen molar-refractivity contribution in [3.63, 3.8) is 0 Å². The Kier molecular flexibility index (Phi) is 3.66. The lowest BCUT2D eigenvalue weighted by Crippen LogP contribution is -1.91. The van der Waals surface area contributed by atoms with E-state index in [0.717, 1.165) is 22.6 Å². The smallest absolute Gasteiger partial charge is 0.119 e. The van der Waals surface area contributed by atoms with E-state index in [9.17, 15) is 0 Å². The van der Waals surface area contributed by atoms with Gasteiger partial charge in [0.05, 0.1) is 13.7 Å². The van der Waals surface area contributed by atoms with Crippen LogP contribution in [0.25, 0.3) is 11.1 Å². The number of rotatable bonds is 4. The third kappa shape index (κ3) is 2.78. The highest BCUT2D eigenvalue weighted by Gasteiger charge is 2.01. The topological polar surface area (TPSA) is 18.5 Å². The Hall–Kier alpha value is -1.96. The van der Waals surface area contributed by atoms with Crippen molar-refractivity contribution in [3.05, 3.63) is 48.5 Å². The van der Waals surface area contributed by atoms with E-state index in [1.54, 1.807) is 7.11 Å². The van der Waals surface area contributed by atoms with Gasteiger partial charge in [0.25, 0.3) is 0 Å². The van der Waals surface area contributed by atoms with E-state index < -0.39 is 0 Å². The molecule has 2 aromatic rings. The van der Waals surface area contributed by atoms with Crippen LogP contribution in [0.2, 0.25) is 0 Å². The van der Waals surface area contributed by atoms with Crippen LogP contribution >= 0.6 is 0 Å². The minimum Gasteiger partial charge on any atom is -0.497 e. The minimum absolute atomic E-state index is 0.672. The van der Waals surface area contributed by atoms with Gasteiger partial charge in [0.2, 0.25) is 0 Å². The highest BCUT2D eigenvalue weighted by atomic mass is 16.5. The maximum absolute atomic E-state index is 5.48. The van der Waals surface area contributed by atoms with Crippen LogP contribution in [0, 0.1) is 6.07 Å². The number of methoxy groups -OCH3 is 1. The molecule has 2 nitrogen and oxygen atoms in total. The van der Waals surface area contributed by atoms with Gasteiger partial charge in [0.1, 0.15) is 11.5 Å². The highest BCUT2D eigenvalue weighted by molar-refractivity contribution is 5.65. The number of benzene rings is 2. The molecular formula is C15H15O2. The van der Waals surface area contributed by atoms with E-state index in [1.807, 2.05) is 49.4 Å². The summed E-state index contributed by atoms with van der Waals surface area (Å²) in [6, 6.07) is 16.9. The van der Waals surface area contributed by atoms with Gasteiger partial charge in [-0.1, -0.05) is 18.2 Å². The molecule has 17 heavy (non-hydrogen) atoms. The first-order valence-corrected chi connectivity index (χ1v) is 5.62. The lowest BCUT2D eigenvalue weighted by atomic mass is 10.1. The van der Waals surface area contributed by atoms with Crippen molar-refractivity contribution in [2.75, 3.05) is 13.7 Å². The lowest BCUT2D eigenvalue weighted by molar-refractivity contribution is 0.340. The Morgan fingerprint density at radius 3 is 2.76 bits per heavy atom. The Morgan fingerprint density at radius 1 is 1.12 bits per heavy atom. The van der Waals surface area contributed by atoms with E-state index in [1.165, 1.54) is 0 Å². The zero-order valence-electron chi connectivity index (χ0n) is 10.1. The van der Waals surface area contributed by atoms with Crippen molar-refractivity contribution in [2.45, 2.75) is 6.92 Å². The molecule has 0 aliphatic heterocycles. The van der Waals surface area contributed by atoms with Gasteiger partial charge in [-0.05, 0) is 48.4 Å². The van der Waals surface area contributed by atoms with E-state index in [-0.39, 0.29) is 0 Å². The summed E-state index contributed by atoms with van der Waals surface area (Å²) >= 11 is 0. The van der Waals surface area contributed by atoms with Crippen LogP contribution in [-0.4, -0.2) is 13.7 Å². The summed E-state index contributed by atoms with van der Waals surface area (Å²) in [5, 5.41) is 0. The Labute approximate surface area is 102 Å². The molecule has 0 aliphatic carbocycles. The van der Waals surface area contributed by atoms with Gasteiger partial charge in [-0.2, -0.15) is 0 Å². The highest BCUT2D eigenvalue weighted by Crippen LogP contribution is 2.26. The van der Waals surface area contributed by atoms with Gasteiger partial charge in [-0.3, -0.25) is 0 Å². The molecule has 0 atom stereocenters. The molecule has 0 heterocycles. The number of ether oxygens (including phenoxy) is 2. The van der Waals surface area contributed by atoms with Gasteiger partial charge >= 0.3 is 0 Å². The monoisotopic (exact) mass is 227 g/mol. The normalized spacial score (nSPS) is 10.0. The van der Waals surface area contributed by atoms with Crippen molar-refractivity contribution in [2.24, 2.45) is 0 Å². The van der Waals surface area contributed by atoms with E-state index in [0.29, 0.717) is 6.61 Å².